The lowest BCUT2D eigenvalue weighted by Crippen LogP contribution is -2.52. The number of carbonyl (C=O) groups excluding carboxylic acids is 4. The maximum Gasteiger partial charge on any atom is 0.321 e. The molecule has 0 radical (unpaired) electrons. The third-order valence-electron chi connectivity index (χ3n) is 5.54. The van der Waals surface area contributed by atoms with Crippen molar-refractivity contribution in [2.24, 2.45) is 0 Å². The Kier molecular flexibility index (Phi) is 5.72. The molecule has 3 heterocycles. The minimum absolute atomic E-state index is 0.0917. The number of benzene rings is 1. The molecule has 1 saturated heterocycles. The first-order chi connectivity index (χ1) is 15.1. The van der Waals surface area contributed by atoms with E-state index in [1.54, 1.807) is 6.07 Å². The van der Waals surface area contributed by atoms with Crippen LogP contribution in [0, 0.1) is 0 Å². The number of aromatic nitrogens is 1. The van der Waals surface area contributed by atoms with Crippen LogP contribution in [0.3, 0.4) is 0 Å². The lowest BCUT2D eigenvalue weighted by Gasteiger charge is -2.29. The van der Waals surface area contributed by atoms with E-state index in [-0.39, 0.29) is 36.2 Å². The number of piperidine rings is 1. The number of anilines is 1. The molecular weight excluding hydrogens is 430 g/mol. The number of thiazole rings is 1. The summed E-state index contributed by atoms with van der Waals surface area (Å²) in [6, 6.07) is 4.41. The Bertz CT molecular complexity index is 1100. The minimum Gasteiger partial charge on any atom is -0.334 e. The van der Waals surface area contributed by atoms with Crippen molar-refractivity contribution in [2.45, 2.75) is 58.2 Å². The number of urea groups is 1. The molecule has 0 saturated carbocycles. The van der Waals surface area contributed by atoms with Gasteiger partial charge in [0.05, 0.1) is 5.69 Å². The molecule has 3 N–H and O–H groups in total. The van der Waals surface area contributed by atoms with Crippen molar-refractivity contribution >= 4 is 40.2 Å². The average Bonchev–Trinajstić information content (AvgIpc) is 3.31. The molecule has 2 aliphatic rings. The van der Waals surface area contributed by atoms with E-state index in [9.17, 15) is 19.2 Å². The summed E-state index contributed by atoms with van der Waals surface area (Å²) in [4.78, 5) is 54.6. The second kappa shape index (κ2) is 8.34. The number of hydrogen-bond acceptors (Lipinski definition) is 6. The molecule has 1 atom stereocenters. The number of imide groups is 1. The monoisotopic (exact) mass is 455 g/mol. The summed E-state index contributed by atoms with van der Waals surface area (Å²) in [5.74, 6) is -0.981. The van der Waals surface area contributed by atoms with Gasteiger partial charge in [-0.3, -0.25) is 25.0 Å². The van der Waals surface area contributed by atoms with Crippen molar-refractivity contribution in [3.05, 3.63) is 46.0 Å². The summed E-state index contributed by atoms with van der Waals surface area (Å²) < 4.78 is 0. The van der Waals surface area contributed by atoms with Crippen LogP contribution in [-0.4, -0.2) is 39.7 Å². The molecule has 1 fully saturated rings. The number of nitrogens with zero attached hydrogens (tertiary/aromatic N) is 2. The molecule has 1 aromatic heterocycles. The Labute approximate surface area is 189 Å². The van der Waals surface area contributed by atoms with Crippen LogP contribution in [0.1, 0.15) is 60.8 Å². The highest BCUT2D eigenvalue weighted by Gasteiger charge is 2.39. The van der Waals surface area contributed by atoms with E-state index < -0.39 is 11.9 Å². The van der Waals surface area contributed by atoms with Gasteiger partial charge in [0.2, 0.25) is 11.8 Å². The van der Waals surface area contributed by atoms with E-state index in [0.29, 0.717) is 23.7 Å². The topological polar surface area (TPSA) is 121 Å². The van der Waals surface area contributed by atoms with Crippen molar-refractivity contribution in [3.63, 3.8) is 0 Å². The van der Waals surface area contributed by atoms with Crippen LogP contribution < -0.4 is 16.0 Å². The van der Waals surface area contributed by atoms with Gasteiger partial charge in [0.1, 0.15) is 6.04 Å². The van der Waals surface area contributed by atoms with E-state index in [0.717, 1.165) is 16.8 Å². The second-order valence-corrected chi connectivity index (χ2v) is 9.85. The Morgan fingerprint density at radius 3 is 2.75 bits per heavy atom. The fourth-order valence-electron chi connectivity index (χ4n) is 3.71. The fourth-order valence-corrected chi connectivity index (χ4v) is 4.64. The summed E-state index contributed by atoms with van der Waals surface area (Å²) in [5.41, 5.74) is 2.93. The SMILES string of the molecule is CC(C)(C)c1csc(NC(=O)NCc2ccc3c(c2)C(=O)N(C2CCC(=O)NC2=O)C3)n1. The Hall–Kier alpha value is -3.27. The smallest absolute Gasteiger partial charge is 0.321 e. The van der Waals surface area contributed by atoms with Gasteiger partial charge in [-0.25, -0.2) is 9.78 Å². The van der Waals surface area contributed by atoms with Crippen molar-refractivity contribution in [1.29, 1.82) is 0 Å². The normalized spacial score (nSPS) is 18.4. The van der Waals surface area contributed by atoms with Gasteiger partial charge in [0.15, 0.2) is 5.13 Å². The van der Waals surface area contributed by atoms with Crippen LogP contribution in [0.2, 0.25) is 0 Å². The van der Waals surface area contributed by atoms with Crippen LogP contribution >= 0.6 is 11.3 Å². The lowest BCUT2D eigenvalue weighted by molar-refractivity contribution is -0.136. The zero-order valence-electron chi connectivity index (χ0n) is 18.2. The number of hydrogen-bond donors (Lipinski definition) is 3. The maximum absolute atomic E-state index is 12.9. The molecule has 2 aromatic rings. The van der Waals surface area contributed by atoms with Gasteiger partial charge in [-0.05, 0) is 23.6 Å². The molecule has 5 amide bonds. The molecule has 2 aliphatic heterocycles. The van der Waals surface area contributed by atoms with Gasteiger partial charge in [0, 0.05) is 35.9 Å². The van der Waals surface area contributed by atoms with E-state index >= 15 is 0 Å². The highest BCUT2D eigenvalue weighted by atomic mass is 32.1. The number of fused-ring (bicyclic) bond motifs is 1. The summed E-state index contributed by atoms with van der Waals surface area (Å²) in [6.07, 6.45) is 0.545. The Morgan fingerprint density at radius 2 is 2.06 bits per heavy atom. The highest BCUT2D eigenvalue weighted by Crippen LogP contribution is 2.28. The van der Waals surface area contributed by atoms with E-state index in [1.165, 1.54) is 16.2 Å². The van der Waals surface area contributed by atoms with Crippen LogP contribution in [0.5, 0.6) is 0 Å². The number of amides is 5. The summed E-state index contributed by atoms with van der Waals surface area (Å²) in [7, 11) is 0. The molecule has 9 nitrogen and oxygen atoms in total. The molecule has 0 spiro atoms. The van der Waals surface area contributed by atoms with Crippen molar-refractivity contribution in [1.82, 2.24) is 20.5 Å². The summed E-state index contributed by atoms with van der Waals surface area (Å²) in [6.45, 7) is 6.74. The van der Waals surface area contributed by atoms with Gasteiger partial charge in [-0.2, -0.15) is 0 Å². The first-order valence-corrected chi connectivity index (χ1v) is 11.3. The Balaban J connectivity index is 1.36. The molecule has 1 aromatic carbocycles. The predicted molar refractivity (Wildman–Crippen MR) is 119 cm³/mol. The number of rotatable bonds is 4. The van der Waals surface area contributed by atoms with E-state index in [1.807, 2.05) is 17.5 Å². The Morgan fingerprint density at radius 1 is 1.28 bits per heavy atom. The summed E-state index contributed by atoms with van der Waals surface area (Å²) >= 11 is 1.37. The quantitative estimate of drug-likeness (QED) is 0.612. The van der Waals surface area contributed by atoms with Gasteiger partial charge in [0.25, 0.3) is 5.91 Å². The fraction of sp³-hybridized carbons (Fsp3) is 0.409. The largest absolute Gasteiger partial charge is 0.334 e. The van der Waals surface area contributed by atoms with Crippen LogP contribution in [0.4, 0.5) is 9.93 Å². The molecule has 0 aliphatic carbocycles. The van der Waals surface area contributed by atoms with Gasteiger partial charge < -0.3 is 10.2 Å². The minimum atomic E-state index is -0.642. The predicted octanol–water partition coefficient (Wildman–Crippen LogP) is 2.52. The molecule has 4 rings (SSSR count). The second-order valence-electron chi connectivity index (χ2n) is 8.99. The van der Waals surface area contributed by atoms with E-state index in [4.69, 9.17) is 0 Å². The van der Waals surface area contributed by atoms with Crippen molar-refractivity contribution in [2.75, 3.05) is 5.32 Å². The van der Waals surface area contributed by atoms with Crippen LogP contribution in [0.15, 0.2) is 23.6 Å². The first-order valence-electron chi connectivity index (χ1n) is 10.4. The maximum atomic E-state index is 12.9. The zero-order chi connectivity index (χ0) is 23.0. The average molecular weight is 456 g/mol. The van der Waals surface area contributed by atoms with Gasteiger partial charge >= 0.3 is 6.03 Å². The highest BCUT2D eigenvalue weighted by molar-refractivity contribution is 7.13. The zero-order valence-corrected chi connectivity index (χ0v) is 19.0. The van der Waals surface area contributed by atoms with Crippen molar-refractivity contribution in [3.8, 4) is 0 Å². The molecular formula is C22H25N5O4S. The third kappa shape index (κ3) is 4.50. The number of nitrogens with one attached hydrogen (secondary N) is 3. The van der Waals surface area contributed by atoms with Crippen LogP contribution in [-0.2, 0) is 28.1 Å². The van der Waals surface area contributed by atoms with Crippen LogP contribution in [0.25, 0.3) is 0 Å². The van der Waals surface area contributed by atoms with Gasteiger partial charge in [-0.1, -0.05) is 32.9 Å². The number of carbonyl (C=O) groups is 4. The lowest BCUT2D eigenvalue weighted by atomic mass is 9.93. The molecule has 0 bridgehead atoms. The van der Waals surface area contributed by atoms with E-state index in [2.05, 4.69) is 41.7 Å². The van der Waals surface area contributed by atoms with Gasteiger partial charge in [-0.15, -0.1) is 11.3 Å². The van der Waals surface area contributed by atoms with Crippen molar-refractivity contribution < 1.29 is 19.2 Å². The summed E-state index contributed by atoms with van der Waals surface area (Å²) in [5, 5.41) is 10.3. The molecule has 10 heteroatoms. The molecule has 1 unspecified atom stereocenters. The molecule has 168 valence electrons. The standard InChI is InChI=1S/C22H25N5O4S/c1-22(2,3)16-11-32-21(24-16)26-20(31)23-9-12-4-5-13-10-27(19(30)14(13)8-12)15-6-7-17(28)25-18(15)29/h4-5,8,11,15H,6-7,9-10H2,1-3H3,(H,25,28,29)(H2,23,24,26,31). The first kappa shape index (κ1) is 21.9. The molecule has 32 heavy (non-hydrogen) atoms. The third-order valence-corrected chi connectivity index (χ3v) is 6.30.